The van der Waals surface area contributed by atoms with Gasteiger partial charge in [0.05, 0.1) is 10.6 Å². The van der Waals surface area contributed by atoms with Gasteiger partial charge in [-0.2, -0.15) is 4.52 Å². The van der Waals surface area contributed by atoms with Crippen molar-refractivity contribution in [3.63, 3.8) is 0 Å². The van der Waals surface area contributed by atoms with E-state index in [9.17, 15) is 0 Å². The lowest BCUT2D eigenvalue weighted by molar-refractivity contribution is 0.894. The average molecular weight is 326 g/mol. The molecule has 0 aromatic carbocycles. The van der Waals surface area contributed by atoms with Crippen molar-refractivity contribution in [3.8, 4) is 10.7 Å². The monoisotopic (exact) mass is 325 g/mol. The minimum absolute atomic E-state index is 0.584. The molecule has 0 saturated heterocycles. The Morgan fingerprint density at radius 3 is 2.94 bits per heavy atom. The van der Waals surface area contributed by atoms with E-state index in [2.05, 4.69) is 32.1 Å². The van der Waals surface area contributed by atoms with Crippen LogP contribution in [0.4, 0.5) is 0 Å². The van der Waals surface area contributed by atoms with Gasteiger partial charge in [0.1, 0.15) is 4.60 Å². The lowest BCUT2D eigenvalue weighted by Crippen LogP contribution is -2.04. The highest BCUT2D eigenvalue weighted by molar-refractivity contribution is 9.10. The predicted molar refractivity (Wildman–Crippen MR) is 75.7 cm³/mol. The third kappa shape index (κ3) is 1.70. The Kier molecular flexibility index (Phi) is 2.96. The van der Waals surface area contributed by atoms with Gasteiger partial charge in [0, 0.05) is 13.5 Å². The fourth-order valence-electron chi connectivity index (χ4n) is 1.90. The summed E-state index contributed by atoms with van der Waals surface area (Å²) in [7, 11) is 1.98. The number of aromatic nitrogens is 4. The van der Waals surface area contributed by atoms with Gasteiger partial charge in [-0.25, -0.2) is 4.98 Å². The number of fused-ring (bicyclic) bond motifs is 1. The van der Waals surface area contributed by atoms with Crippen LogP contribution in [-0.4, -0.2) is 25.7 Å². The van der Waals surface area contributed by atoms with Crippen LogP contribution in [0.15, 0.2) is 22.1 Å². The maximum atomic E-state index is 5.57. The molecule has 18 heavy (non-hydrogen) atoms. The van der Waals surface area contributed by atoms with Crippen LogP contribution in [0.3, 0.4) is 0 Å². The number of hydrogen-bond donors (Lipinski definition) is 1. The van der Waals surface area contributed by atoms with Crippen molar-refractivity contribution >= 4 is 33.0 Å². The number of thiophene rings is 1. The summed E-state index contributed by atoms with van der Waals surface area (Å²) in [4.78, 5) is 5.71. The van der Waals surface area contributed by atoms with Gasteiger partial charge in [-0.15, -0.1) is 16.4 Å². The zero-order valence-corrected chi connectivity index (χ0v) is 12.2. The molecule has 7 heteroatoms. The third-order valence-electron chi connectivity index (χ3n) is 2.78. The maximum Gasteiger partial charge on any atom is 0.233 e. The Hall–Kier alpha value is -1.18. The summed E-state index contributed by atoms with van der Waals surface area (Å²) in [5, 5.41) is 6.64. The van der Waals surface area contributed by atoms with Crippen LogP contribution in [0, 0.1) is 0 Å². The number of halogens is 1. The zero-order valence-electron chi connectivity index (χ0n) is 9.80. The molecule has 3 heterocycles. The van der Waals surface area contributed by atoms with Crippen molar-refractivity contribution in [2.24, 2.45) is 12.8 Å². The van der Waals surface area contributed by atoms with E-state index in [0.29, 0.717) is 6.54 Å². The summed E-state index contributed by atoms with van der Waals surface area (Å²) < 4.78 is 4.71. The molecule has 0 radical (unpaired) electrons. The summed E-state index contributed by atoms with van der Waals surface area (Å²) in [6.45, 7) is 0.584. The second-order valence-electron chi connectivity index (χ2n) is 3.96. The molecular weight excluding hydrogens is 314 g/mol. The highest BCUT2D eigenvalue weighted by Crippen LogP contribution is 2.26. The molecular formula is C11H12BrN5S. The number of nitrogens with zero attached hydrogens (tertiary/aromatic N) is 4. The van der Waals surface area contributed by atoms with E-state index in [4.69, 9.17) is 5.73 Å². The lowest BCUT2D eigenvalue weighted by atomic mass is 10.3. The van der Waals surface area contributed by atoms with E-state index in [1.807, 2.05) is 27.6 Å². The summed E-state index contributed by atoms with van der Waals surface area (Å²) in [5.74, 6) is 1.75. The standard InChI is InChI=1S/C11H12BrN5S/c1-16-10(8-3-2-6-18-8)15-17-9(12)7(4-5-13)14-11(16)17/h2-3,6H,4-5,13H2,1H3. The average Bonchev–Trinajstić information content (AvgIpc) is 3.02. The number of aryl methyl sites for hydroxylation is 1. The first-order valence-electron chi connectivity index (χ1n) is 5.56. The molecule has 5 nitrogen and oxygen atoms in total. The van der Waals surface area contributed by atoms with Gasteiger partial charge in [-0.1, -0.05) is 6.07 Å². The maximum absolute atomic E-state index is 5.57. The van der Waals surface area contributed by atoms with E-state index in [0.717, 1.165) is 33.2 Å². The van der Waals surface area contributed by atoms with Crippen molar-refractivity contribution in [3.05, 3.63) is 27.8 Å². The van der Waals surface area contributed by atoms with Crippen molar-refractivity contribution in [2.45, 2.75) is 6.42 Å². The van der Waals surface area contributed by atoms with Crippen LogP contribution in [0.1, 0.15) is 5.69 Å². The van der Waals surface area contributed by atoms with E-state index >= 15 is 0 Å². The summed E-state index contributed by atoms with van der Waals surface area (Å²) in [5.41, 5.74) is 6.52. The molecule has 0 aliphatic heterocycles. The molecule has 0 saturated carbocycles. The van der Waals surface area contributed by atoms with Crippen LogP contribution in [0.5, 0.6) is 0 Å². The second kappa shape index (κ2) is 4.49. The molecule has 0 amide bonds. The van der Waals surface area contributed by atoms with Gasteiger partial charge in [0.25, 0.3) is 0 Å². The fraction of sp³-hybridized carbons (Fsp3) is 0.273. The Balaban J connectivity index is 2.19. The van der Waals surface area contributed by atoms with E-state index in [-0.39, 0.29) is 0 Å². The zero-order chi connectivity index (χ0) is 12.7. The molecule has 3 aromatic heterocycles. The Labute approximate surface area is 116 Å². The lowest BCUT2D eigenvalue weighted by Gasteiger charge is -1.96. The molecule has 3 rings (SSSR count). The second-order valence-corrected chi connectivity index (χ2v) is 5.66. The molecule has 94 valence electrons. The summed E-state index contributed by atoms with van der Waals surface area (Å²) in [6.07, 6.45) is 0.748. The van der Waals surface area contributed by atoms with Crippen LogP contribution in [0.2, 0.25) is 0 Å². The SMILES string of the molecule is Cn1c(-c2cccs2)nn2c(Br)c(CCN)nc12. The molecule has 3 aromatic rings. The van der Waals surface area contributed by atoms with Crippen LogP contribution in [-0.2, 0) is 13.5 Å². The van der Waals surface area contributed by atoms with Crippen LogP contribution < -0.4 is 5.73 Å². The van der Waals surface area contributed by atoms with Gasteiger partial charge in [-0.05, 0) is 33.9 Å². The minimum atomic E-state index is 0.584. The summed E-state index contributed by atoms with van der Waals surface area (Å²) >= 11 is 5.21. The molecule has 0 aliphatic rings. The Bertz CT molecular complexity index is 682. The smallest absolute Gasteiger partial charge is 0.233 e. The topological polar surface area (TPSA) is 61.1 Å². The quantitative estimate of drug-likeness (QED) is 0.801. The normalized spacial score (nSPS) is 11.5. The first-order valence-corrected chi connectivity index (χ1v) is 7.23. The van der Waals surface area contributed by atoms with Crippen molar-refractivity contribution in [1.29, 1.82) is 0 Å². The first kappa shape index (κ1) is 11.9. The Morgan fingerprint density at radius 2 is 2.33 bits per heavy atom. The van der Waals surface area contributed by atoms with Crippen molar-refractivity contribution < 1.29 is 0 Å². The largest absolute Gasteiger partial charge is 0.330 e. The van der Waals surface area contributed by atoms with Gasteiger partial charge in [0.2, 0.25) is 5.78 Å². The van der Waals surface area contributed by atoms with Gasteiger partial charge in [0.15, 0.2) is 5.82 Å². The van der Waals surface area contributed by atoms with Crippen molar-refractivity contribution in [1.82, 2.24) is 19.2 Å². The molecule has 0 atom stereocenters. The first-order chi connectivity index (χ1) is 8.72. The van der Waals surface area contributed by atoms with E-state index < -0.39 is 0 Å². The molecule has 0 fully saturated rings. The van der Waals surface area contributed by atoms with Crippen LogP contribution in [0.25, 0.3) is 16.5 Å². The van der Waals surface area contributed by atoms with Crippen molar-refractivity contribution in [2.75, 3.05) is 6.54 Å². The molecule has 0 unspecified atom stereocenters. The predicted octanol–water partition coefficient (Wildman–Crippen LogP) is 2.06. The molecule has 0 aliphatic carbocycles. The van der Waals surface area contributed by atoms with Crippen LogP contribution >= 0.6 is 27.3 Å². The molecule has 0 spiro atoms. The summed E-state index contributed by atoms with van der Waals surface area (Å²) in [6, 6.07) is 4.08. The van der Waals surface area contributed by atoms with E-state index in [1.54, 1.807) is 11.3 Å². The molecule has 2 N–H and O–H groups in total. The molecule has 0 bridgehead atoms. The van der Waals surface area contributed by atoms with Gasteiger partial charge in [-0.3, -0.25) is 4.57 Å². The minimum Gasteiger partial charge on any atom is -0.330 e. The number of imidazole rings is 1. The number of nitrogens with two attached hydrogens (primary N) is 1. The fourth-order valence-corrected chi connectivity index (χ4v) is 3.17. The van der Waals surface area contributed by atoms with Gasteiger partial charge < -0.3 is 5.73 Å². The number of rotatable bonds is 3. The highest BCUT2D eigenvalue weighted by atomic mass is 79.9. The van der Waals surface area contributed by atoms with E-state index in [1.165, 1.54) is 0 Å². The number of hydrogen-bond acceptors (Lipinski definition) is 4. The van der Waals surface area contributed by atoms with Gasteiger partial charge >= 0.3 is 0 Å². The highest BCUT2D eigenvalue weighted by Gasteiger charge is 2.17. The Morgan fingerprint density at radius 1 is 1.50 bits per heavy atom. The third-order valence-corrected chi connectivity index (χ3v) is 4.44.